The lowest BCUT2D eigenvalue weighted by molar-refractivity contribution is -0.146. The minimum Gasteiger partial charge on any atom is -0.460 e. The van der Waals surface area contributed by atoms with Gasteiger partial charge < -0.3 is 14.6 Å². The van der Waals surface area contributed by atoms with Gasteiger partial charge in [-0.25, -0.2) is 9.59 Å². The lowest BCUT2D eigenvalue weighted by Gasteiger charge is -2.09. The van der Waals surface area contributed by atoms with E-state index in [2.05, 4.69) is 26.0 Å². The van der Waals surface area contributed by atoms with E-state index in [0.717, 1.165) is 12.8 Å². The number of rotatable bonds is 28. The average Bonchev–Trinajstić information content (AvgIpc) is 2.95. The third kappa shape index (κ3) is 30.4. The highest BCUT2D eigenvalue weighted by molar-refractivity contribution is 5.82. The number of allylic oxidation sites excluding steroid dienone is 6. The summed E-state index contributed by atoms with van der Waals surface area (Å²) in [5, 5.41) is 9.88. The second-order valence-electron chi connectivity index (χ2n) is 10.7. The van der Waals surface area contributed by atoms with Crippen molar-refractivity contribution in [1.82, 2.24) is 0 Å². The fourth-order valence-corrected chi connectivity index (χ4v) is 4.26. The van der Waals surface area contributed by atoms with E-state index >= 15 is 0 Å². The second kappa shape index (κ2) is 31.4. The number of esters is 2. The number of hydrogen-bond acceptors (Lipinski definition) is 5. The fourth-order valence-electron chi connectivity index (χ4n) is 4.26. The molecule has 0 aromatic rings. The van der Waals surface area contributed by atoms with Crippen LogP contribution < -0.4 is 0 Å². The van der Waals surface area contributed by atoms with Crippen molar-refractivity contribution in [1.29, 1.82) is 0 Å². The van der Waals surface area contributed by atoms with Crippen LogP contribution in [0, 0.1) is 0 Å². The molecule has 0 saturated heterocycles. The Labute approximate surface area is 246 Å². The van der Waals surface area contributed by atoms with E-state index in [0.29, 0.717) is 0 Å². The number of unbranched alkanes of at least 4 members (excludes halogenated alkanes) is 18. The molecule has 0 amide bonds. The molecule has 0 spiro atoms. The maximum absolute atomic E-state index is 11.8. The Bertz CT molecular complexity index is 634. The monoisotopic (exact) mass is 560 g/mol. The van der Waals surface area contributed by atoms with Crippen molar-refractivity contribution in [2.45, 2.75) is 148 Å². The molecule has 0 aliphatic carbocycles. The zero-order valence-corrected chi connectivity index (χ0v) is 25.8. The average molecular weight is 561 g/mol. The first kappa shape index (κ1) is 37.9. The molecule has 0 radical (unpaired) electrons. The van der Waals surface area contributed by atoms with E-state index in [1.807, 2.05) is 12.2 Å². The van der Waals surface area contributed by atoms with Crippen molar-refractivity contribution in [3.63, 3.8) is 0 Å². The van der Waals surface area contributed by atoms with Crippen LogP contribution >= 0.6 is 0 Å². The van der Waals surface area contributed by atoms with Gasteiger partial charge in [0.25, 0.3) is 0 Å². The maximum Gasteiger partial charge on any atom is 0.330 e. The first-order chi connectivity index (χ1) is 19.6. The van der Waals surface area contributed by atoms with Gasteiger partial charge in [-0.05, 0) is 25.7 Å². The highest BCUT2D eigenvalue weighted by Gasteiger charge is 2.09. The molecule has 0 fully saturated rings. The van der Waals surface area contributed by atoms with Gasteiger partial charge >= 0.3 is 11.9 Å². The molecule has 5 nitrogen and oxygen atoms in total. The second-order valence-corrected chi connectivity index (χ2v) is 10.7. The van der Waals surface area contributed by atoms with E-state index < -0.39 is 18.0 Å². The van der Waals surface area contributed by atoms with Crippen LogP contribution in [0.1, 0.15) is 142 Å². The van der Waals surface area contributed by atoms with Crippen molar-refractivity contribution in [2.75, 3.05) is 13.2 Å². The highest BCUT2D eigenvalue weighted by atomic mass is 16.6. The van der Waals surface area contributed by atoms with Gasteiger partial charge in [0.05, 0.1) is 0 Å². The first-order valence-electron chi connectivity index (χ1n) is 16.3. The molecule has 40 heavy (non-hydrogen) atoms. The molecule has 0 rings (SSSR count). The number of aliphatic hydroxyl groups excluding tert-OH is 1. The van der Waals surface area contributed by atoms with Crippen LogP contribution in [0.3, 0.4) is 0 Å². The Kier molecular flexibility index (Phi) is 29.7. The molecule has 1 N–H and O–H groups in total. The number of carbonyl (C=O) groups excluding carboxylic acids is 2. The zero-order valence-electron chi connectivity index (χ0n) is 25.8. The van der Waals surface area contributed by atoms with Crippen LogP contribution in [0.5, 0.6) is 0 Å². The number of ether oxygens (including phenoxy) is 2. The highest BCUT2D eigenvalue weighted by Crippen LogP contribution is 2.11. The fraction of sp³-hybridized carbons (Fsp3) is 0.714. The topological polar surface area (TPSA) is 72.8 Å². The number of hydrogen-bond donors (Lipinski definition) is 1. The lowest BCUT2D eigenvalue weighted by Crippen LogP contribution is -2.24. The van der Waals surface area contributed by atoms with Crippen molar-refractivity contribution < 1.29 is 24.2 Å². The summed E-state index contributed by atoms with van der Waals surface area (Å²) in [7, 11) is 0. The van der Waals surface area contributed by atoms with Gasteiger partial charge in [0.15, 0.2) is 0 Å². The van der Waals surface area contributed by atoms with Crippen LogP contribution in [-0.4, -0.2) is 36.4 Å². The van der Waals surface area contributed by atoms with E-state index in [1.54, 1.807) is 12.2 Å². The summed E-state index contributed by atoms with van der Waals surface area (Å²) in [6.45, 7) is 4.05. The van der Waals surface area contributed by atoms with Crippen LogP contribution in [0.25, 0.3) is 0 Å². The lowest BCUT2D eigenvalue weighted by atomic mass is 10.1. The molecule has 0 aliphatic heterocycles. The number of carbonyl (C=O) groups is 2. The van der Waals surface area contributed by atoms with Gasteiger partial charge in [-0.1, -0.05) is 153 Å². The van der Waals surface area contributed by atoms with Crippen LogP contribution in [0.2, 0.25) is 0 Å². The van der Waals surface area contributed by atoms with E-state index in [1.165, 1.54) is 128 Å². The molecule has 0 saturated carbocycles. The quantitative estimate of drug-likeness (QED) is 0.0446. The minimum atomic E-state index is -1.06. The third-order valence-corrected chi connectivity index (χ3v) is 6.74. The van der Waals surface area contributed by atoms with Crippen LogP contribution in [-0.2, 0) is 19.1 Å². The summed E-state index contributed by atoms with van der Waals surface area (Å²) < 4.78 is 9.99. The molecule has 230 valence electrons. The van der Waals surface area contributed by atoms with Crippen LogP contribution in [0.4, 0.5) is 0 Å². The largest absolute Gasteiger partial charge is 0.460 e. The molecule has 5 heteroatoms. The summed E-state index contributed by atoms with van der Waals surface area (Å²) in [5.41, 5.74) is 0. The predicted octanol–water partition coefficient (Wildman–Crippen LogP) is 9.50. The minimum absolute atomic E-state index is 0.221. The van der Waals surface area contributed by atoms with E-state index in [9.17, 15) is 14.7 Å². The van der Waals surface area contributed by atoms with E-state index in [-0.39, 0.29) is 13.2 Å². The van der Waals surface area contributed by atoms with Crippen molar-refractivity contribution in [3.8, 4) is 0 Å². The van der Waals surface area contributed by atoms with E-state index in [4.69, 9.17) is 9.47 Å². The summed E-state index contributed by atoms with van der Waals surface area (Å²) in [6, 6.07) is 0. The Balaban J connectivity index is 3.67. The SMILES string of the molecule is CCCCCCCCCCCC=CC=CC(=O)OCC(O)COC(=O)C=CC=CCCCCCCCCCCC. The number of aliphatic hydroxyl groups is 1. The van der Waals surface area contributed by atoms with Crippen molar-refractivity contribution in [3.05, 3.63) is 48.6 Å². The Morgan fingerprint density at radius 1 is 0.525 bits per heavy atom. The molecule has 0 aromatic carbocycles. The smallest absolute Gasteiger partial charge is 0.330 e. The van der Waals surface area contributed by atoms with Gasteiger partial charge in [0.1, 0.15) is 19.3 Å². The molecule has 0 unspecified atom stereocenters. The zero-order chi connectivity index (χ0) is 29.4. The first-order valence-corrected chi connectivity index (χ1v) is 16.3. The molecule has 0 atom stereocenters. The van der Waals surface area contributed by atoms with Crippen LogP contribution in [0.15, 0.2) is 48.6 Å². The predicted molar refractivity (Wildman–Crippen MR) is 168 cm³/mol. The molecule has 0 aromatic heterocycles. The third-order valence-electron chi connectivity index (χ3n) is 6.74. The van der Waals surface area contributed by atoms with Gasteiger partial charge in [0, 0.05) is 12.2 Å². The Morgan fingerprint density at radius 3 is 1.20 bits per heavy atom. The summed E-state index contributed by atoms with van der Waals surface area (Å²) in [6.07, 6.45) is 38.3. The Morgan fingerprint density at radius 2 is 0.850 bits per heavy atom. The van der Waals surface area contributed by atoms with Crippen molar-refractivity contribution >= 4 is 11.9 Å². The van der Waals surface area contributed by atoms with Gasteiger partial charge in [-0.15, -0.1) is 0 Å². The summed E-state index contributed by atoms with van der Waals surface area (Å²) >= 11 is 0. The standard InChI is InChI=1S/C35H60O5/c1-3-5-7-9-11-13-15-17-19-21-23-25-27-29-34(37)39-31-33(36)32-40-35(38)30-28-26-24-22-20-18-16-14-12-10-8-6-4-2/h23-30,33,36H,3-22,31-32H2,1-2H3. The molecule has 0 heterocycles. The molecular formula is C35H60O5. The van der Waals surface area contributed by atoms with Gasteiger partial charge in [0.2, 0.25) is 0 Å². The van der Waals surface area contributed by atoms with Gasteiger partial charge in [-0.3, -0.25) is 0 Å². The molecule has 0 bridgehead atoms. The van der Waals surface area contributed by atoms with Crippen molar-refractivity contribution in [2.24, 2.45) is 0 Å². The normalized spacial score (nSPS) is 12.8. The summed E-state index contributed by atoms with van der Waals surface area (Å²) in [4.78, 5) is 23.5. The Hall–Kier alpha value is -2.14. The maximum atomic E-state index is 11.8. The summed E-state index contributed by atoms with van der Waals surface area (Å²) in [5.74, 6) is -1.06. The molecule has 0 aliphatic rings. The van der Waals surface area contributed by atoms with Gasteiger partial charge in [-0.2, -0.15) is 0 Å². The molecular weight excluding hydrogens is 500 g/mol.